The topological polar surface area (TPSA) is 83.1 Å². The molecule has 38 heavy (non-hydrogen) atoms. The van der Waals surface area contributed by atoms with E-state index in [0.29, 0.717) is 6.42 Å². The number of rotatable bonds is 15. The van der Waals surface area contributed by atoms with Crippen LogP contribution in [-0.2, 0) is 23.8 Å². The predicted molar refractivity (Wildman–Crippen MR) is 154 cm³/mol. The maximum absolute atomic E-state index is 13.5. The molecule has 0 saturated carbocycles. The standard InChI is InChI=1S/C30H43NO6S/c1-8-35-28(33)30(36-9-2,37-10-3)26(22-14-12-11-13-15-22)20-24(21-27(32)38-29(4,5)6)31-23-16-18-25(34-7)19-17-23/h11-19,24,26,31H,8-10,20-21H2,1-7H3. The largest absolute Gasteiger partial charge is 0.497 e. The Morgan fingerprint density at radius 1 is 0.895 bits per heavy atom. The van der Waals surface area contributed by atoms with Crippen molar-refractivity contribution < 1.29 is 28.5 Å². The van der Waals surface area contributed by atoms with Crippen LogP contribution in [0.2, 0.25) is 0 Å². The maximum Gasteiger partial charge on any atom is 0.367 e. The minimum atomic E-state index is -1.67. The Balaban J connectivity index is 2.56. The van der Waals surface area contributed by atoms with Gasteiger partial charge in [-0.25, -0.2) is 4.79 Å². The first-order valence-corrected chi connectivity index (χ1v) is 14.0. The van der Waals surface area contributed by atoms with E-state index in [1.807, 2.05) is 89.2 Å². The van der Waals surface area contributed by atoms with E-state index in [-0.39, 0.29) is 42.1 Å². The number of methoxy groups -OCH3 is 1. The molecule has 7 nitrogen and oxygen atoms in total. The van der Waals surface area contributed by atoms with Gasteiger partial charge in [0.05, 0.1) is 19.6 Å². The molecule has 8 heteroatoms. The summed E-state index contributed by atoms with van der Waals surface area (Å²) in [5.41, 5.74) is 1.70. The molecule has 0 saturated heterocycles. The molecule has 0 radical (unpaired) electrons. The summed E-state index contributed by atoms with van der Waals surface area (Å²) in [6.45, 7) is 12.1. The zero-order valence-electron chi connectivity index (χ0n) is 23.7. The monoisotopic (exact) mass is 545 g/mol. The van der Waals surface area contributed by atoms with Crippen LogP contribution in [0.4, 0.5) is 5.69 Å². The molecule has 210 valence electrons. The molecule has 0 amide bonds. The van der Waals surface area contributed by atoms with E-state index in [0.717, 1.165) is 17.0 Å². The highest BCUT2D eigenvalue weighted by Gasteiger charge is 2.51. The number of nitrogens with one attached hydrogen (secondary N) is 1. The number of benzene rings is 2. The second kappa shape index (κ2) is 15.1. The molecule has 0 heterocycles. The number of thioether (sulfide) groups is 1. The van der Waals surface area contributed by atoms with Gasteiger partial charge in [0.25, 0.3) is 5.79 Å². The van der Waals surface area contributed by atoms with E-state index in [1.165, 1.54) is 11.8 Å². The average Bonchev–Trinajstić information content (AvgIpc) is 2.87. The molecule has 2 unspecified atom stereocenters. The Hall–Kier alpha value is -2.55. The Labute approximate surface area is 232 Å². The van der Waals surface area contributed by atoms with Crippen LogP contribution in [0.25, 0.3) is 0 Å². The third-order valence-corrected chi connectivity index (χ3v) is 6.76. The van der Waals surface area contributed by atoms with Crippen LogP contribution in [-0.4, -0.2) is 54.6 Å². The van der Waals surface area contributed by atoms with E-state index in [2.05, 4.69) is 5.32 Å². The molecule has 2 atom stereocenters. The highest BCUT2D eigenvalue weighted by molar-refractivity contribution is 8.14. The van der Waals surface area contributed by atoms with Gasteiger partial charge in [0, 0.05) is 36.1 Å². The lowest BCUT2D eigenvalue weighted by Gasteiger charge is -2.39. The number of hydrogen-bond acceptors (Lipinski definition) is 8. The summed E-state index contributed by atoms with van der Waals surface area (Å²) in [5, 5.41) is 3.58. The minimum absolute atomic E-state index is 0.0601. The Morgan fingerprint density at radius 3 is 2.00 bits per heavy atom. The van der Waals surface area contributed by atoms with Gasteiger partial charge in [0.15, 0.2) is 5.12 Å². The molecule has 0 aliphatic rings. The maximum atomic E-state index is 13.5. The fourth-order valence-electron chi connectivity index (χ4n) is 4.34. The van der Waals surface area contributed by atoms with Crippen LogP contribution in [0.5, 0.6) is 5.75 Å². The molecule has 2 aromatic rings. The van der Waals surface area contributed by atoms with Crippen LogP contribution >= 0.6 is 11.8 Å². The second-order valence-electron chi connectivity index (χ2n) is 9.81. The normalized spacial score (nSPS) is 13.4. The van der Waals surface area contributed by atoms with E-state index in [1.54, 1.807) is 14.0 Å². The fraction of sp³-hybridized carbons (Fsp3) is 0.533. The first-order chi connectivity index (χ1) is 18.1. The summed E-state index contributed by atoms with van der Waals surface area (Å²) in [5.74, 6) is -2.05. The molecule has 1 N–H and O–H groups in total. The summed E-state index contributed by atoms with van der Waals surface area (Å²) in [6.07, 6.45) is 0.625. The summed E-state index contributed by atoms with van der Waals surface area (Å²) < 4.78 is 22.8. The molecule has 0 aromatic heterocycles. The van der Waals surface area contributed by atoms with Gasteiger partial charge in [-0.05, 0) is 57.0 Å². The fourth-order valence-corrected chi connectivity index (χ4v) is 5.31. The third-order valence-electron chi connectivity index (χ3n) is 5.75. The van der Waals surface area contributed by atoms with Gasteiger partial charge < -0.3 is 24.3 Å². The van der Waals surface area contributed by atoms with E-state index in [4.69, 9.17) is 18.9 Å². The number of ether oxygens (including phenoxy) is 4. The van der Waals surface area contributed by atoms with Crippen LogP contribution in [0.15, 0.2) is 54.6 Å². The Bertz CT molecular complexity index is 984. The average molecular weight is 546 g/mol. The molecule has 0 fully saturated rings. The lowest BCUT2D eigenvalue weighted by molar-refractivity contribution is -0.256. The Kier molecular flexibility index (Phi) is 12.6. The Morgan fingerprint density at radius 2 is 1.50 bits per heavy atom. The van der Waals surface area contributed by atoms with Crippen molar-refractivity contribution in [2.45, 2.75) is 76.9 Å². The van der Waals surface area contributed by atoms with E-state index < -0.39 is 17.7 Å². The molecule has 0 spiro atoms. The van der Waals surface area contributed by atoms with Gasteiger partial charge in [-0.3, -0.25) is 4.79 Å². The summed E-state index contributed by atoms with van der Waals surface area (Å²) in [4.78, 5) is 26.7. The van der Waals surface area contributed by atoms with Crippen LogP contribution in [0.1, 0.15) is 65.9 Å². The van der Waals surface area contributed by atoms with Gasteiger partial charge in [0.1, 0.15) is 5.75 Å². The smallest absolute Gasteiger partial charge is 0.367 e. The molecular formula is C30H43NO6S. The number of esters is 1. The summed E-state index contributed by atoms with van der Waals surface area (Å²) in [6, 6.07) is 16.9. The number of hydrogen-bond donors (Lipinski definition) is 1. The number of anilines is 1. The highest BCUT2D eigenvalue weighted by Crippen LogP contribution is 2.40. The second-order valence-corrected chi connectivity index (χ2v) is 11.7. The van der Waals surface area contributed by atoms with Gasteiger partial charge in [-0.15, -0.1) is 0 Å². The van der Waals surface area contributed by atoms with Crippen molar-refractivity contribution in [2.75, 3.05) is 32.2 Å². The quantitative estimate of drug-likeness (QED) is 0.202. The van der Waals surface area contributed by atoms with Crippen molar-refractivity contribution in [3.05, 3.63) is 60.2 Å². The zero-order chi connectivity index (χ0) is 28.2. The zero-order valence-corrected chi connectivity index (χ0v) is 24.6. The lowest BCUT2D eigenvalue weighted by Crippen LogP contribution is -2.52. The predicted octanol–water partition coefficient (Wildman–Crippen LogP) is 6.43. The van der Waals surface area contributed by atoms with E-state index in [9.17, 15) is 9.59 Å². The van der Waals surface area contributed by atoms with Crippen molar-refractivity contribution in [1.82, 2.24) is 0 Å². The van der Waals surface area contributed by atoms with Crippen LogP contribution in [0, 0.1) is 0 Å². The van der Waals surface area contributed by atoms with Gasteiger partial charge in [0.2, 0.25) is 0 Å². The van der Waals surface area contributed by atoms with Gasteiger partial charge in [-0.1, -0.05) is 62.9 Å². The van der Waals surface area contributed by atoms with Gasteiger partial charge in [-0.2, -0.15) is 0 Å². The van der Waals surface area contributed by atoms with Gasteiger partial charge >= 0.3 is 5.97 Å². The molecular weight excluding hydrogens is 502 g/mol. The molecule has 0 aliphatic heterocycles. The first kappa shape index (κ1) is 31.7. The first-order valence-electron chi connectivity index (χ1n) is 13.2. The molecule has 0 bridgehead atoms. The molecule has 0 aliphatic carbocycles. The van der Waals surface area contributed by atoms with Crippen LogP contribution in [0.3, 0.4) is 0 Å². The lowest BCUT2D eigenvalue weighted by atomic mass is 9.83. The van der Waals surface area contributed by atoms with E-state index >= 15 is 0 Å². The van der Waals surface area contributed by atoms with Crippen molar-refractivity contribution in [2.24, 2.45) is 0 Å². The summed E-state index contributed by atoms with van der Waals surface area (Å²) in [7, 11) is 1.62. The highest BCUT2D eigenvalue weighted by atomic mass is 32.2. The minimum Gasteiger partial charge on any atom is -0.497 e. The van der Waals surface area contributed by atoms with Crippen molar-refractivity contribution in [3.8, 4) is 5.75 Å². The van der Waals surface area contributed by atoms with Crippen molar-refractivity contribution in [1.29, 1.82) is 0 Å². The third kappa shape index (κ3) is 9.33. The SMILES string of the molecule is CCOC(=O)C(OCC)(OCC)C(CC(CC(=O)SC(C)(C)C)Nc1ccc(OC)cc1)c1ccccc1. The number of carbonyl (C=O) groups is 2. The van der Waals surface area contributed by atoms with Crippen molar-refractivity contribution >= 4 is 28.5 Å². The molecule has 2 aromatic carbocycles. The summed E-state index contributed by atoms with van der Waals surface area (Å²) >= 11 is 1.31. The molecule has 2 rings (SSSR count). The van der Waals surface area contributed by atoms with Crippen molar-refractivity contribution in [3.63, 3.8) is 0 Å². The van der Waals surface area contributed by atoms with Crippen LogP contribution < -0.4 is 10.1 Å². The number of carbonyl (C=O) groups excluding carboxylic acids is 2.